The molecule has 1 aromatic rings. The van der Waals surface area contributed by atoms with Gasteiger partial charge in [0, 0.05) is 18.2 Å². The smallest absolute Gasteiger partial charge is 0.352 e. The molecule has 18 heteroatoms. The minimum absolute atomic E-state index is 0.199. The lowest BCUT2D eigenvalue weighted by Gasteiger charge is -2.20. The number of phosphoric acid groups is 3. The van der Waals surface area contributed by atoms with Gasteiger partial charge in [-0.15, -0.1) is 0 Å². The van der Waals surface area contributed by atoms with Gasteiger partial charge in [-0.1, -0.05) is 0 Å². The van der Waals surface area contributed by atoms with Gasteiger partial charge in [-0.05, 0) is 13.8 Å². The number of H-pyrrole nitrogens is 1. The summed E-state index contributed by atoms with van der Waals surface area (Å²) in [4.78, 5) is 61.1. The quantitative estimate of drug-likeness (QED) is 0.331. The van der Waals surface area contributed by atoms with Gasteiger partial charge in [0.25, 0.3) is 5.56 Å². The molecule has 2 unspecified atom stereocenters. The van der Waals surface area contributed by atoms with Gasteiger partial charge in [-0.25, -0.2) is 18.5 Å². The summed E-state index contributed by atoms with van der Waals surface area (Å²) in [5, 5.41) is 0. The number of aryl methyl sites for hydroxylation is 1. The fourth-order valence-corrected chi connectivity index (χ4v) is 5.62. The first-order chi connectivity index (χ1) is 12.6. The van der Waals surface area contributed by atoms with Crippen LogP contribution >= 0.6 is 23.5 Å². The lowest BCUT2D eigenvalue weighted by Crippen LogP contribution is -2.33. The Morgan fingerprint density at radius 1 is 1.14 bits per heavy atom. The predicted octanol–water partition coefficient (Wildman–Crippen LogP) is -0.136. The first kappa shape index (κ1) is 23.3. The number of hydrogen-bond acceptors (Lipinski definition) is 9. The summed E-state index contributed by atoms with van der Waals surface area (Å²) in [5.41, 5.74) is -1.20. The van der Waals surface area contributed by atoms with Gasteiger partial charge in [0.15, 0.2) is 0 Å². The van der Waals surface area contributed by atoms with Gasteiger partial charge in [-0.3, -0.25) is 18.9 Å². The van der Waals surface area contributed by atoms with E-state index >= 15 is 0 Å². The van der Waals surface area contributed by atoms with E-state index in [0.29, 0.717) is 0 Å². The molecule has 0 spiro atoms. The monoisotopic (exact) mass is 466 g/mol. The van der Waals surface area contributed by atoms with Gasteiger partial charge in [0.1, 0.15) is 6.23 Å². The van der Waals surface area contributed by atoms with Crippen molar-refractivity contribution in [2.75, 3.05) is 0 Å². The second kappa shape index (κ2) is 8.05. The molecule has 0 aliphatic carbocycles. The van der Waals surface area contributed by atoms with E-state index in [9.17, 15) is 28.2 Å². The van der Waals surface area contributed by atoms with E-state index in [1.165, 1.54) is 20.0 Å². The summed E-state index contributed by atoms with van der Waals surface area (Å²) in [6.45, 7) is 2.84. The topological polar surface area (TPSA) is 224 Å². The zero-order valence-electron chi connectivity index (χ0n) is 14.3. The number of aromatic nitrogens is 2. The summed E-state index contributed by atoms with van der Waals surface area (Å²) >= 11 is 0. The van der Waals surface area contributed by atoms with Crippen LogP contribution in [0.1, 0.15) is 25.1 Å². The van der Waals surface area contributed by atoms with E-state index < -0.39 is 53.2 Å². The Labute approximate surface area is 156 Å². The van der Waals surface area contributed by atoms with Crippen molar-refractivity contribution in [1.29, 1.82) is 0 Å². The van der Waals surface area contributed by atoms with E-state index in [1.807, 2.05) is 0 Å². The highest BCUT2D eigenvalue weighted by Crippen LogP contribution is 2.67. The molecule has 1 fully saturated rings. The minimum Gasteiger partial charge on any atom is -0.352 e. The third kappa shape index (κ3) is 6.28. The standard InChI is InChI=1S/C10H17N2O13P3/c1-5-4-12(10(14)11-9(5)13)8-3-7(6(2)22-8)23-27(18,19)25-28(20,21)24-26(15,16)17/h4,6-8H,3H2,1-2H3,(H,18,19)(H,20,21)(H,11,13,14)(H2,15,16,17)/t6-,7+,8-/m1/s1. The van der Waals surface area contributed by atoms with Crippen LogP contribution < -0.4 is 11.2 Å². The molecule has 5 atom stereocenters. The molecule has 1 saturated heterocycles. The molecule has 160 valence electrons. The van der Waals surface area contributed by atoms with Gasteiger partial charge in [0.2, 0.25) is 0 Å². The van der Waals surface area contributed by atoms with E-state index in [0.717, 1.165) is 4.57 Å². The highest BCUT2D eigenvalue weighted by Gasteiger charge is 2.45. The second-order valence-electron chi connectivity index (χ2n) is 5.75. The molecule has 1 aromatic heterocycles. The molecule has 1 aliphatic heterocycles. The molecule has 1 aliphatic rings. The Hall–Kier alpha value is -0.950. The van der Waals surface area contributed by atoms with E-state index in [4.69, 9.17) is 23.9 Å². The predicted molar refractivity (Wildman–Crippen MR) is 89.0 cm³/mol. The molecule has 28 heavy (non-hydrogen) atoms. The Kier molecular flexibility index (Phi) is 6.71. The zero-order chi connectivity index (χ0) is 21.5. The largest absolute Gasteiger partial charge is 0.490 e. The fourth-order valence-electron chi connectivity index (χ4n) is 2.36. The third-order valence-corrected chi connectivity index (χ3v) is 7.33. The Morgan fingerprint density at radius 3 is 2.32 bits per heavy atom. The number of hydrogen-bond donors (Lipinski definition) is 5. The van der Waals surface area contributed by atoms with E-state index in [2.05, 4.69) is 13.6 Å². The van der Waals surface area contributed by atoms with Crippen LogP contribution in [0.3, 0.4) is 0 Å². The van der Waals surface area contributed by atoms with Crippen LogP contribution in [-0.4, -0.2) is 41.3 Å². The molecule has 15 nitrogen and oxygen atoms in total. The van der Waals surface area contributed by atoms with Gasteiger partial charge < -0.3 is 24.3 Å². The molecule has 0 saturated carbocycles. The van der Waals surface area contributed by atoms with Crippen molar-refractivity contribution in [2.45, 2.75) is 38.7 Å². The normalized spacial score (nSPS) is 27.3. The maximum Gasteiger partial charge on any atom is 0.490 e. The number of aromatic amines is 1. The SMILES string of the molecule is Cc1cn([C@H]2C[C@H](OP(=O)(O)OP(=O)(O)OP(=O)(O)O)[C@@H](C)O2)c(=O)[nH]c1=O. The number of nitrogens with zero attached hydrogens (tertiary/aromatic N) is 1. The maximum absolute atomic E-state index is 11.9. The Balaban J connectivity index is 2.13. The first-order valence-electron chi connectivity index (χ1n) is 7.38. The number of rotatable bonds is 7. The summed E-state index contributed by atoms with van der Waals surface area (Å²) in [6, 6.07) is 0. The third-order valence-electron chi connectivity index (χ3n) is 3.47. The molecule has 0 bridgehead atoms. The molecule has 0 amide bonds. The Bertz CT molecular complexity index is 995. The molecule has 2 rings (SSSR count). The van der Waals surface area contributed by atoms with Crippen molar-refractivity contribution < 1.29 is 51.2 Å². The molecular weight excluding hydrogens is 449 g/mol. The Morgan fingerprint density at radius 2 is 1.75 bits per heavy atom. The summed E-state index contributed by atoms with van der Waals surface area (Å²) < 4.78 is 52.3. The number of nitrogens with one attached hydrogen (secondary N) is 1. The minimum atomic E-state index is -5.64. The van der Waals surface area contributed by atoms with Crippen molar-refractivity contribution >= 4 is 23.5 Å². The van der Waals surface area contributed by atoms with Crippen LogP contribution in [0.15, 0.2) is 15.8 Å². The van der Waals surface area contributed by atoms with Crippen LogP contribution in [0, 0.1) is 6.92 Å². The van der Waals surface area contributed by atoms with Crippen LogP contribution in [0.4, 0.5) is 0 Å². The van der Waals surface area contributed by atoms with Crippen molar-refractivity contribution in [3.63, 3.8) is 0 Å². The highest BCUT2D eigenvalue weighted by atomic mass is 31.3. The average Bonchev–Trinajstić information content (AvgIpc) is 2.78. The molecule has 2 heterocycles. The van der Waals surface area contributed by atoms with E-state index in [-0.39, 0.29) is 12.0 Å². The van der Waals surface area contributed by atoms with Gasteiger partial charge >= 0.3 is 29.2 Å². The van der Waals surface area contributed by atoms with Crippen molar-refractivity contribution in [3.05, 3.63) is 32.6 Å². The van der Waals surface area contributed by atoms with Crippen molar-refractivity contribution in [2.24, 2.45) is 0 Å². The van der Waals surface area contributed by atoms with Crippen LogP contribution in [0.2, 0.25) is 0 Å². The van der Waals surface area contributed by atoms with Crippen molar-refractivity contribution in [1.82, 2.24) is 9.55 Å². The molecule has 0 radical (unpaired) electrons. The highest BCUT2D eigenvalue weighted by molar-refractivity contribution is 7.66. The first-order valence-corrected chi connectivity index (χ1v) is 11.9. The molecule has 0 aromatic carbocycles. The van der Waals surface area contributed by atoms with Crippen LogP contribution in [0.5, 0.6) is 0 Å². The average molecular weight is 466 g/mol. The van der Waals surface area contributed by atoms with Gasteiger partial charge in [0.05, 0.1) is 12.2 Å². The summed E-state index contributed by atoms with van der Waals surface area (Å²) in [6.07, 6.45) is -2.12. The van der Waals surface area contributed by atoms with Gasteiger partial charge in [-0.2, -0.15) is 8.62 Å². The van der Waals surface area contributed by atoms with E-state index in [1.54, 1.807) is 0 Å². The van der Waals surface area contributed by atoms with Crippen LogP contribution in [-0.2, 0) is 31.6 Å². The summed E-state index contributed by atoms with van der Waals surface area (Å²) in [7, 11) is -16.5. The zero-order valence-corrected chi connectivity index (χ0v) is 17.0. The summed E-state index contributed by atoms with van der Waals surface area (Å²) in [5.74, 6) is 0. The lowest BCUT2D eigenvalue weighted by atomic mass is 10.2. The van der Waals surface area contributed by atoms with Crippen LogP contribution in [0.25, 0.3) is 0 Å². The number of phosphoric ester groups is 1. The molecule has 5 N–H and O–H groups in total. The fraction of sp³-hybridized carbons (Fsp3) is 0.600. The lowest BCUT2D eigenvalue weighted by molar-refractivity contribution is -0.0103. The van der Waals surface area contributed by atoms with Crippen molar-refractivity contribution in [3.8, 4) is 0 Å². The number of ether oxygens (including phenoxy) is 1. The second-order valence-corrected chi connectivity index (χ2v) is 10.1. The molecular formula is C10H17N2O13P3. The maximum atomic E-state index is 11.9.